The quantitative estimate of drug-likeness (QED) is 0.540. The second kappa shape index (κ2) is 11.2. The Hall–Kier alpha value is -2.04. The molecule has 2 aromatic rings. The number of rotatable bonds is 8. The largest absolute Gasteiger partial charge is 0.484 e. The molecule has 1 saturated heterocycles. The zero-order valence-corrected chi connectivity index (χ0v) is 19.7. The molecule has 32 heavy (non-hydrogen) atoms. The summed E-state index contributed by atoms with van der Waals surface area (Å²) in [6.07, 6.45) is 6.95. The molecule has 2 aliphatic rings. The number of benzene rings is 2. The third-order valence-electron chi connectivity index (χ3n) is 7.07. The fourth-order valence-corrected chi connectivity index (χ4v) is 5.46. The summed E-state index contributed by atoms with van der Waals surface area (Å²) in [5.41, 5.74) is 2.72. The number of piperidine rings is 1. The van der Waals surface area contributed by atoms with Crippen molar-refractivity contribution in [2.45, 2.75) is 63.3 Å². The summed E-state index contributed by atoms with van der Waals surface area (Å²) in [5.74, 6) is 2.63. The molecule has 1 saturated carbocycles. The standard InChI is InChI=1S/C27H35ClN2O2/c1-19(22-3-2-4-24(28)17-22)15-20-5-6-23(16-20)21-7-9-26(10-8-21)32-18-27(31)30-25-11-13-29-14-12-25/h2-4,7-10,17,19-20,23,25,29H,5-6,11-16,18H2,1H3,(H,30,31)/t19-,20+,23+/m0/s1. The minimum atomic E-state index is -0.0339. The van der Waals surface area contributed by atoms with Crippen molar-refractivity contribution in [1.29, 1.82) is 0 Å². The molecule has 4 rings (SSSR count). The molecule has 0 radical (unpaired) electrons. The number of carbonyl (C=O) groups excluding carboxylic acids is 1. The zero-order valence-electron chi connectivity index (χ0n) is 19.0. The summed E-state index contributed by atoms with van der Waals surface area (Å²) < 4.78 is 5.72. The molecule has 4 nitrogen and oxygen atoms in total. The number of hydrogen-bond acceptors (Lipinski definition) is 3. The molecular formula is C27H35ClN2O2. The molecule has 172 valence electrons. The van der Waals surface area contributed by atoms with Gasteiger partial charge in [0.05, 0.1) is 0 Å². The topological polar surface area (TPSA) is 50.4 Å². The van der Waals surface area contributed by atoms with Gasteiger partial charge in [-0.15, -0.1) is 0 Å². The monoisotopic (exact) mass is 454 g/mol. The second-order valence-corrected chi connectivity index (χ2v) is 9.95. The van der Waals surface area contributed by atoms with Crippen molar-refractivity contribution in [2.24, 2.45) is 5.92 Å². The predicted octanol–water partition coefficient (Wildman–Crippen LogP) is 5.66. The van der Waals surface area contributed by atoms with Crippen LogP contribution in [0.3, 0.4) is 0 Å². The van der Waals surface area contributed by atoms with E-state index in [1.165, 1.54) is 36.8 Å². The number of amides is 1. The lowest BCUT2D eigenvalue weighted by Gasteiger charge is -2.23. The summed E-state index contributed by atoms with van der Waals surface area (Å²) in [5, 5.41) is 7.20. The summed E-state index contributed by atoms with van der Waals surface area (Å²) in [4.78, 5) is 12.1. The van der Waals surface area contributed by atoms with Gasteiger partial charge >= 0.3 is 0 Å². The van der Waals surface area contributed by atoms with E-state index in [4.69, 9.17) is 16.3 Å². The van der Waals surface area contributed by atoms with Crippen LogP contribution in [0.15, 0.2) is 48.5 Å². The van der Waals surface area contributed by atoms with Crippen LogP contribution in [0, 0.1) is 5.92 Å². The van der Waals surface area contributed by atoms with Gasteiger partial charge in [0, 0.05) is 11.1 Å². The van der Waals surface area contributed by atoms with Crippen LogP contribution in [0.4, 0.5) is 0 Å². The van der Waals surface area contributed by atoms with Crippen LogP contribution in [0.2, 0.25) is 5.02 Å². The zero-order chi connectivity index (χ0) is 22.3. The summed E-state index contributed by atoms with van der Waals surface area (Å²) in [6, 6.07) is 16.9. The van der Waals surface area contributed by atoms with Gasteiger partial charge in [0.15, 0.2) is 6.61 Å². The van der Waals surface area contributed by atoms with E-state index in [-0.39, 0.29) is 18.6 Å². The molecule has 0 unspecified atom stereocenters. The minimum absolute atomic E-state index is 0.0339. The Balaban J connectivity index is 1.22. The van der Waals surface area contributed by atoms with Gasteiger partial charge in [-0.05, 0) is 105 Å². The molecule has 5 heteroatoms. The maximum atomic E-state index is 12.1. The van der Waals surface area contributed by atoms with E-state index in [1.54, 1.807) is 0 Å². The highest BCUT2D eigenvalue weighted by atomic mass is 35.5. The fourth-order valence-electron chi connectivity index (χ4n) is 5.26. The first-order chi connectivity index (χ1) is 15.6. The van der Waals surface area contributed by atoms with Crippen molar-refractivity contribution in [2.75, 3.05) is 19.7 Å². The number of halogens is 1. The van der Waals surface area contributed by atoms with Crippen LogP contribution in [0.1, 0.15) is 68.4 Å². The number of ether oxygens (including phenoxy) is 1. The molecule has 2 aromatic carbocycles. The molecule has 2 fully saturated rings. The summed E-state index contributed by atoms with van der Waals surface area (Å²) in [6.45, 7) is 4.33. The van der Waals surface area contributed by atoms with Gasteiger partial charge in [0.25, 0.3) is 5.91 Å². The van der Waals surface area contributed by atoms with E-state index in [2.05, 4.69) is 41.8 Å². The smallest absolute Gasteiger partial charge is 0.258 e. The van der Waals surface area contributed by atoms with E-state index in [0.29, 0.717) is 11.8 Å². The maximum absolute atomic E-state index is 12.1. The van der Waals surface area contributed by atoms with Gasteiger partial charge in [-0.2, -0.15) is 0 Å². The molecule has 1 heterocycles. The fraction of sp³-hybridized carbons (Fsp3) is 0.519. The number of carbonyl (C=O) groups is 1. The Labute approximate surface area is 197 Å². The molecule has 0 spiro atoms. The van der Waals surface area contributed by atoms with E-state index >= 15 is 0 Å². The van der Waals surface area contributed by atoms with Gasteiger partial charge in [-0.1, -0.05) is 42.8 Å². The Morgan fingerprint density at radius 2 is 1.91 bits per heavy atom. The molecule has 0 aromatic heterocycles. The summed E-state index contributed by atoms with van der Waals surface area (Å²) >= 11 is 6.17. The highest BCUT2D eigenvalue weighted by Crippen LogP contribution is 2.42. The molecule has 3 atom stereocenters. The first kappa shape index (κ1) is 23.1. The van der Waals surface area contributed by atoms with Gasteiger partial charge in [0.2, 0.25) is 0 Å². The lowest BCUT2D eigenvalue weighted by atomic mass is 9.88. The van der Waals surface area contributed by atoms with Crippen LogP contribution in [-0.4, -0.2) is 31.6 Å². The lowest BCUT2D eigenvalue weighted by molar-refractivity contribution is -0.123. The van der Waals surface area contributed by atoms with Crippen molar-refractivity contribution >= 4 is 17.5 Å². The van der Waals surface area contributed by atoms with Crippen molar-refractivity contribution in [3.63, 3.8) is 0 Å². The Bertz CT molecular complexity index is 879. The molecule has 1 aliphatic heterocycles. The van der Waals surface area contributed by atoms with Crippen LogP contribution in [0.25, 0.3) is 0 Å². The molecule has 0 bridgehead atoms. The average Bonchev–Trinajstić information content (AvgIpc) is 3.27. The molecular weight excluding hydrogens is 420 g/mol. The molecule has 1 amide bonds. The third kappa shape index (κ3) is 6.49. The Morgan fingerprint density at radius 1 is 1.12 bits per heavy atom. The van der Waals surface area contributed by atoms with Gasteiger partial charge in [-0.3, -0.25) is 4.79 Å². The van der Waals surface area contributed by atoms with Crippen molar-refractivity contribution in [3.8, 4) is 5.75 Å². The highest BCUT2D eigenvalue weighted by molar-refractivity contribution is 6.30. The maximum Gasteiger partial charge on any atom is 0.258 e. The molecule has 2 N–H and O–H groups in total. The SMILES string of the molecule is C[C@@H](C[C@H]1CC[C@@H](c2ccc(OCC(=O)NC3CCNCC3)cc2)C1)c1cccc(Cl)c1. The van der Waals surface area contributed by atoms with E-state index in [9.17, 15) is 4.79 Å². The normalized spacial score (nSPS) is 22.4. The van der Waals surface area contributed by atoms with E-state index in [0.717, 1.165) is 42.6 Å². The summed E-state index contributed by atoms with van der Waals surface area (Å²) in [7, 11) is 0. The van der Waals surface area contributed by atoms with Crippen molar-refractivity contribution < 1.29 is 9.53 Å². The van der Waals surface area contributed by atoms with Gasteiger partial charge in [0.1, 0.15) is 5.75 Å². The second-order valence-electron chi connectivity index (χ2n) is 9.52. The van der Waals surface area contributed by atoms with Crippen LogP contribution in [-0.2, 0) is 4.79 Å². The van der Waals surface area contributed by atoms with E-state index < -0.39 is 0 Å². The van der Waals surface area contributed by atoms with Crippen molar-refractivity contribution in [3.05, 3.63) is 64.7 Å². The number of hydrogen-bond donors (Lipinski definition) is 2. The van der Waals surface area contributed by atoms with Crippen LogP contribution >= 0.6 is 11.6 Å². The molecule has 1 aliphatic carbocycles. The first-order valence-electron chi connectivity index (χ1n) is 12.0. The van der Waals surface area contributed by atoms with E-state index in [1.807, 2.05) is 24.3 Å². The Morgan fingerprint density at radius 3 is 2.66 bits per heavy atom. The average molecular weight is 455 g/mol. The third-order valence-corrected chi connectivity index (χ3v) is 7.31. The van der Waals surface area contributed by atoms with Gasteiger partial charge in [-0.25, -0.2) is 0 Å². The lowest BCUT2D eigenvalue weighted by Crippen LogP contribution is -2.44. The number of nitrogens with one attached hydrogen (secondary N) is 2. The van der Waals surface area contributed by atoms with Gasteiger partial charge < -0.3 is 15.4 Å². The predicted molar refractivity (Wildman–Crippen MR) is 131 cm³/mol. The Kier molecular flexibility index (Phi) is 8.10. The van der Waals surface area contributed by atoms with Crippen LogP contribution < -0.4 is 15.4 Å². The highest BCUT2D eigenvalue weighted by Gasteiger charge is 2.27. The minimum Gasteiger partial charge on any atom is -0.484 e. The first-order valence-corrected chi connectivity index (χ1v) is 12.4. The van der Waals surface area contributed by atoms with Crippen LogP contribution in [0.5, 0.6) is 5.75 Å². The van der Waals surface area contributed by atoms with Crippen molar-refractivity contribution in [1.82, 2.24) is 10.6 Å².